The summed E-state index contributed by atoms with van der Waals surface area (Å²) in [5.74, 6) is -0.0704. The van der Waals surface area contributed by atoms with Gasteiger partial charge >= 0.3 is 0 Å². The zero-order valence-electron chi connectivity index (χ0n) is 14.6. The highest BCUT2D eigenvalue weighted by Gasteiger charge is 2.31. The highest BCUT2D eigenvalue weighted by molar-refractivity contribution is 5.85. The average molecular weight is 354 g/mol. The van der Waals surface area contributed by atoms with Crippen molar-refractivity contribution in [2.24, 2.45) is 11.7 Å². The molecule has 0 aliphatic carbocycles. The van der Waals surface area contributed by atoms with E-state index in [0.717, 1.165) is 18.4 Å². The molecule has 1 aromatic rings. The second-order valence-electron chi connectivity index (χ2n) is 6.41. The lowest BCUT2D eigenvalue weighted by molar-refractivity contribution is -0.138. The van der Waals surface area contributed by atoms with Gasteiger partial charge in [0.1, 0.15) is 0 Å². The zero-order valence-corrected chi connectivity index (χ0v) is 15.5. The molecule has 2 N–H and O–H groups in total. The smallest absolute Gasteiger partial charge is 0.227 e. The summed E-state index contributed by atoms with van der Waals surface area (Å²) in [6, 6.07) is 9.69. The van der Waals surface area contributed by atoms with Crippen LogP contribution in [0.25, 0.3) is 0 Å². The first kappa shape index (κ1) is 20.5. The molecule has 0 aromatic heterocycles. The van der Waals surface area contributed by atoms with Crippen molar-refractivity contribution >= 4 is 24.2 Å². The predicted octanol–water partition coefficient (Wildman–Crippen LogP) is 2.21. The summed E-state index contributed by atoms with van der Waals surface area (Å²) in [7, 11) is 1.83. The molecule has 1 aliphatic heterocycles. The van der Waals surface area contributed by atoms with E-state index in [1.165, 1.54) is 0 Å². The van der Waals surface area contributed by atoms with Gasteiger partial charge in [-0.25, -0.2) is 0 Å². The largest absolute Gasteiger partial charge is 0.343 e. The van der Waals surface area contributed by atoms with E-state index in [2.05, 4.69) is 0 Å². The second kappa shape index (κ2) is 9.04. The van der Waals surface area contributed by atoms with E-state index in [0.29, 0.717) is 13.1 Å². The van der Waals surface area contributed by atoms with Crippen molar-refractivity contribution in [1.29, 1.82) is 0 Å². The van der Waals surface area contributed by atoms with E-state index >= 15 is 0 Å². The van der Waals surface area contributed by atoms with Crippen LogP contribution in [0, 0.1) is 5.92 Å². The first-order chi connectivity index (χ1) is 10.9. The van der Waals surface area contributed by atoms with Gasteiger partial charge in [0.05, 0.1) is 5.92 Å². The quantitative estimate of drug-likeness (QED) is 0.902. The topological polar surface area (TPSA) is 66.6 Å². The molecule has 2 atom stereocenters. The van der Waals surface area contributed by atoms with Crippen LogP contribution in [-0.4, -0.2) is 47.8 Å². The van der Waals surface area contributed by atoms with Crippen LogP contribution in [0.3, 0.4) is 0 Å². The molecule has 0 radical (unpaired) electrons. The number of halogens is 1. The van der Waals surface area contributed by atoms with Gasteiger partial charge in [-0.15, -0.1) is 12.4 Å². The maximum absolute atomic E-state index is 12.7. The summed E-state index contributed by atoms with van der Waals surface area (Å²) in [4.78, 5) is 27.8. The molecule has 134 valence electrons. The fraction of sp³-hybridized carbons (Fsp3) is 0.556. The van der Waals surface area contributed by atoms with E-state index in [-0.39, 0.29) is 42.2 Å². The molecule has 1 saturated heterocycles. The van der Waals surface area contributed by atoms with Crippen LogP contribution in [0.15, 0.2) is 30.3 Å². The zero-order chi connectivity index (χ0) is 17.0. The molecular formula is C18H28ClN3O2. The minimum atomic E-state index is -0.290. The van der Waals surface area contributed by atoms with Crippen LogP contribution in [0.5, 0.6) is 0 Å². The van der Waals surface area contributed by atoms with Gasteiger partial charge in [-0.1, -0.05) is 37.3 Å². The van der Waals surface area contributed by atoms with Gasteiger partial charge in [-0.2, -0.15) is 0 Å². The maximum Gasteiger partial charge on any atom is 0.227 e. The third kappa shape index (κ3) is 4.71. The van der Waals surface area contributed by atoms with Crippen molar-refractivity contribution in [2.45, 2.75) is 38.8 Å². The monoisotopic (exact) mass is 353 g/mol. The van der Waals surface area contributed by atoms with Crippen molar-refractivity contribution < 1.29 is 9.59 Å². The van der Waals surface area contributed by atoms with Crippen molar-refractivity contribution in [1.82, 2.24) is 9.80 Å². The molecule has 1 fully saturated rings. The van der Waals surface area contributed by atoms with Gasteiger partial charge < -0.3 is 15.5 Å². The van der Waals surface area contributed by atoms with Gasteiger partial charge in [0, 0.05) is 39.1 Å². The maximum atomic E-state index is 12.7. The Morgan fingerprint density at radius 2 is 1.75 bits per heavy atom. The lowest BCUT2D eigenvalue weighted by Crippen LogP contribution is -2.49. The molecule has 2 rings (SSSR count). The lowest BCUT2D eigenvalue weighted by Gasteiger charge is -2.38. The van der Waals surface area contributed by atoms with E-state index in [4.69, 9.17) is 5.73 Å². The normalized spacial score (nSPS) is 17.6. The Bertz CT molecular complexity index is 544. The Kier molecular flexibility index (Phi) is 7.70. The highest BCUT2D eigenvalue weighted by Crippen LogP contribution is 2.23. The number of rotatable bonds is 4. The number of hydrogen-bond donors (Lipinski definition) is 1. The van der Waals surface area contributed by atoms with Crippen LogP contribution in [0.4, 0.5) is 0 Å². The van der Waals surface area contributed by atoms with E-state index < -0.39 is 0 Å². The number of carbonyl (C=O) groups excluding carboxylic acids is 2. The minimum absolute atomic E-state index is 0. The SMILES string of the molecule is CC(=O)N(C)C1CCN(C(=O)C(C)C(N)c2ccccc2)CC1.Cl. The van der Waals surface area contributed by atoms with E-state index in [1.807, 2.05) is 49.2 Å². The molecule has 0 spiro atoms. The summed E-state index contributed by atoms with van der Waals surface area (Å²) < 4.78 is 0. The lowest BCUT2D eigenvalue weighted by atomic mass is 9.93. The number of likely N-dealkylation sites (tertiary alicyclic amines) is 1. The standard InChI is InChI=1S/C18H27N3O2.ClH/c1-13(17(19)15-7-5-4-6-8-15)18(23)21-11-9-16(10-12-21)20(3)14(2)22;/h4-8,13,16-17H,9-12,19H2,1-3H3;1H. The van der Waals surface area contributed by atoms with Crippen molar-refractivity contribution in [3.8, 4) is 0 Å². The number of piperidine rings is 1. The third-order valence-electron chi connectivity index (χ3n) is 4.93. The van der Waals surface area contributed by atoms with Crippen LogP contribution < -0.4 is 5.73 Å². The predicted molar refractivity (Wildman–Crippen MR) is 97.8 cm³/mol. The third-order valence-corrected chi connectivity index (χ3v) is 4.93. The molecule has 1 heterocycles. The number of benzene rings is 1. The molecule has 6 heteroatoms. The number of carbonyl (C=O) groups is 2. The van der Waals surface area contributed by atoms with Crippen LogP contribution in [-0.2, 0) is 9.59 Å². The summed E-state index contributed by atoms with van der Waals surface area (Å²) in [5, 5.41) is 0. The highest BCUT2D eigenvalue weighted by atomic mass is 35.5. The van der Waals surface area contributed by atoms with Gasteiger partial charge in [0.15, 0.2) is 0 Å². The average Bonchev–Trinajstić information content (AvgIpc) is 2.60. The van der Waals surface area contributed by atoms with Gasteiger partial charge in [0.25, 0.3) is 0 Å². The van der Waals surface area contributed by atoms with Crippen LogP contribution in [0.1, 0.15) is 38.3 Å². The fourth-order valence-corrected chi connectivity index (χ4v) is 3.14. The van der Waals surface area contributed by atoms with E-state index in [9.17, 15) is 9.59 Å². The summed E-state index contributed by atoms with van der Waals surface area (Å²) in [6.07, 6.45) is 1.66. The number of amides is 2. The number of hydrogen-bond acceptors (Lipinski definition) is 3. The number of nitrogens with zero attached hydrogens (tertiary/aromatic N) is 2. The molecular weight excluding hydrogens is 326 g/mol. The molecule has 5 nitrogen and oxygen atoms in total. The Hall–Kier alpha value is -1.59. The van der Waals surface area contributed by atoms with Gasteiger partial charge in [-0.3, -0.25) is 9.59 Å². The van der Waals surface area contributed by atoms with Gasteiger partial charge in [0.2, 0.25) is 11.8 Å². The number of nitrogens with two attached hydrogens (primary N) is 1. The van der Waals surface area contributed by atoms with Crippen molar-refractivity contribution in [3.63, 3.8) is 0 Å². The summed E-state index contributed by atoms with van der Waals surface area (Å²) in [5.41, 5.74) is 7.25. The summed E-state index contributed by atoms with van der Waals surface area (Å²) >= 11 is 0. The molecule has 2 amide bonds. The first-order valence-electron chi connectivity index (χ1n) is 8.24. The van der Waals surface area contributed by atoms with E-state index in [1.54, 1.807) is 11.8 Å². The molecule has 2 unspecified atom stereocenters. The molecule has 24 heavy (non-hydrogen) atoms. The van der Waals surface area contributed by atoms with Gasteiger partial charge in [-0.05, 0) is 18.4 Å². The minimum Gasteiger partial charge on any atom is -0.343 e. The molecule has 1 aliphatic rings. The summed E-state index contributed by atoms with van der Waals surface area (Å²) in [6.45, 7) is 4.85. The van der Waals surface area contributed by atoms with Crippen LogP contribution in [0.2, 0.25) is 0 Å². The Morgan fingerprint density at radius 3 is 2.25 bits per heavy atom. The van der Waals surface area contributed by atoms with Crippen LogP contribution >= 0.6 is 12.4 Å². The molecule has 1 aromatic carbocycles. The second-order valence-corrected chi connectivity index (χ2v) is 6.41. The van der Waals surface area contributed by atoms with Crippen molar-refractivity contribution in [2.75, 3.05) is 20.1 Å². The fourth-order valence-electron chi connectivity index (χ4n) is 3.14. The molecule has 0 saturated carbocycles. The first-order valence-corrected chi connectivity index (χ1v) is 8.24. The Balaban J connectivity index is 0.00000288. The molecule has 0 bridgehead atoms. The van der Waals surface area contributed by atoms with Crippen molar-refractivity contribution in [3.05, 3.63) is 35.9 Å². The Labute approximate surface area is 150 Å². The Morgan fingerprint density at radius 1 is 1.21 bits per heavy atom.